The van der Waals surface area contributed by atoms with E-state index in [1.54, 1.807) is 27.8 Å². The van der Waals surface area contributed by atoms with Gasteiger partial charge < -0.3 is 27.5 Å². The summed E-state index contributed by atoms with van der Waals surface area (Å²) in [6.45, 7) is 1.07. The number of carbonyl (C=O) groups excluding carboxylic acids is 1. The minimum Gasteiger partial charge on any atom is -0.448 e. The van der Waals surface area contributed by atoms with Crippen LogP contribution >= 0.6 is 0 Å². The van der Waals surface area contributed by atoms with Crippen LogP contribution in [0.15, 0.2) is 0 Å². The summed E-state index contributed by atoms with van der Waals surface area (Å²) in [6, 6.07) is -0.215. The molecule has 0 N–H and O–H groups in total. The number of amides is 1. The van der Waals surface area contributed by atoms with Crippen molar-refractivity contribution in [2.75, 3.05) is 26.6 Å². The standard InChI is InChI=1S/C11H21BF3N2O2.K/c1-11(2,3)19-10(18)16(4)9-5-6-17(7-9)8-12(13,14)15;/h9H,5-8H2,1-4H3;/q-1;+1/t9-;/m1./s1. The second-order valence-electron chi connectivity index (χ2n) is 6.00. The first-order valence-electron chi connectivity index (χ1n) is 6.37. The van der Waals surface area contributed by atoms with Gasteiger partial charge in [-0.15, -0.1) is 0 Å². The predicted molar refractivity (Wildman–Crippen MR) is 67.9 cm³/mol. The minimum atomic E-state index is -4.81. The molecule has 0 aromatic carbocycles. The van der Waals surface area contributed by atoms with Gasteiger partial charge in [-0.05, 0) is 40.2 Å². The van der Waals surface area contributed by atoms with E-state index < -0.39 is 25.1 Å². The van der Waals surface area contributed by atoms with E-state index in [0.29, 0.717) is 13.0 Å². The minimum absolute atomic E-state index is 0. The normalized spacial score (nSPS) is 20.4. The van der Waals surface area contributed by atoms with Gasteiger partial charge in [0.05, 0.1) is 0 Å². The average Bonchev–Trinajstić information content (AvgIpc) is 2.59. The van der Waals surface area contributed by atoms with Crippen molar-refractivity contribution in [2.45, 2.75) is 38.8 Å². The SMILES string of the molecule is CN(C(=O)OC(C)(C)C)[C@@H]1CCN(C[B-](F)(F)F)C1.[K+]. The zero-order valence-electron chi connectivity index (χ0n) is 12.8. The first kappa shape index (κ1) is 20.7. The van der Waals surface area contributed by atoms with Crippen molar-refractivity contribution < 1.29 is 73.9 Å². The second-order valence-corrected chi connectivity index (χ2v) is 6.00. The van der Waals surface area contributed by atoms with Gasteiger partial charge in [0.25, 0.3) is 0 Å². The largest absolute Gasteiger partial charge is 1.00 e. The molecular formula is C11H21BF3KN2O2. The van der Waals surface area contributed by atoms with E-state index in [4.69, 9.17) is 4.74 Å². The van der Waals surface area contributed by atoms with Gasteiger partial charge in [-0.3, -0.25) is 0 Å². The van der Waals surface area contributed by atoms with Crippen molar-refractivity contribution >= 4 is 13.1 Å². The van der Waals surface area contributed by atoms with Crippen LogP contribution in [0.25, 0.3) is 0 Å². The number of hydrogen-bond donors (Lipinski definition) is 0. The Morgan fingerprint density at radius 3 is 2.40 bits per heavy atom. The van der Waals surface area contributed by atoms with E-state index in [2.05, 4.69) is 0 Å². The smallest absolute Gasteiger partial charge is 0.448 e. The zero-order valence-corrected chi connectivity index (χ0v) is 16.0. The average molecular weight is 320 g/mol. The van der Waals surface area contributed by atoms with Crippen molar-refractivity contribution in [2.24, 2.45) is 0 Å². The number of carbonyl (C=O) groups is 1. The van der Waals surface area contributed by atoms with Crippen molar-refractivity contribution in [3.05, 3.63) is 0 Å². The zero-order chi connectivity index (χ0) is 14.8. The fraction of sp³-hybridized carbons (Fsp3) is 0.909. The van der Waals surface area contributed by atoms with Crippen molar-refractivity contribution in [3.63, 3.8) is 0 Å². The molecule has 0 aromatic rings. The van der Waals surface area contributed by atoms with Crippen LogP contribution < -0.4 is 51.4 Å². The molecule has 1 atom stereocenters. The van der Waals surface area contributed by atoms with E-state index in [9.17, 15) is 17.7 Å². The summed E-state index contributed by atoms with van der Waals surface area (Å²) in [5.41, 5.74) is -0.598. The molecule has 0 saturated carbocycles. The predicted octanol–water partition coefficient (Wildman–Crippen LogP) is -0.682. The van der Waals surface area contributed by atoms with Crippen LogP contribution in [-0.4, -0.2) is 61.1 Å². The molecule has 1 aliphatic heterocycles. The van der Waals surface area contributed by atoms with Crippen LogP contribution in [-0.2, 0) is 4.74 Å². The molecule has 4 nitrogen and oxygen atoms in total. The van der Waals surface area contributed by atoms with Crippen LogP contribution in [0.1, 0.15) is 27.2 Å². The molecule has 0 aliphatic carbocycles. The summed E-state index contributed by atoms with van der Waals surface area (Å²) in [7, 11) is 1.57. The number of likely N-dealkylation sites (N-methyl/N-ethyl adjacent to an activating group) is 1. The quantitative estimate of drug-likeness (QED) is 0.646. The van der Waals surface area contributed by atoms with Gasteiger partial charge in [-0.25, -0.2) is 4.79 Å². The molecule has 1 aliphatic rings. The Hall–Kier alpha value is 0.721. The molecule has 1 rings (SSSR count). The number of likely N-dealkylation sites (tertiary alicyclic amines) is 1. The van der Waals surface area contributed by atoms with Gasteiger partial charge in [0.1, 0.15) is 5.60 Å². The van der Waals surface area contributed by atoms with Gasteiger partial charge >= 0.3 is 64.5 Å². The molecule has 0 unspecified atom stereocenters. The first-order valence-corrected chi connectivity index (χ1v) is 6.37. The summed E-state index contributed by atoms with van der Waals surface area (Å²) in [5.74, 6) is 0. The maximum atomic E-state index is 12.3. The van der Waals surface area contributed by atoms with Crippen LogP contribution in [0.4, 0.5) is 17.7 Å². The van der Waals surface area contributed by atoms with Gasteiger partial charge in [-0.2, -0.15) is 0 Å². The Labute approximate surface area is 160 Å². The third-order valence-electron chi connectivity index (χ3n) is 2.94. The molecule has 0 spiro atoms. The Balaban J connectivity index is 0.00000361. The Morgan fingerprint density at radius 2 is 1.95 bits per heavy atom. The van der Waals surface area contributed by atoms with E-state index in [0.717, 1.165) is 0 Å². The molecule has 112 valence electrons. The monoisotopic (exact) mass is 320 g/mol. The van der Waals surface area contributed by atoms with Gasteiger partial charge in [0, 0.05) is 19.6 Å². The third-order valence-corrected chi connectivity index (χ3v) is 2.94. The van der Waals surface area contributed by atoms with Crippen LogP contribution in [0.2, 0.25) is 0 Å². The Bertz CT molecular complexity index is 337. The summed E-state index contributed by atoms with van der Waals surface area (Å²) in [4.78, 5) is 14.5. The maximum absolute atomic E-state index is 12.3. The fourth-order valence-electron chi connectivity index (χ4n) is 2.07. The van der Waals surface area contributed by atoms with Crippen LogP contribution in [0.5, 0.6) is 0 Å². The molecule has 0 bridgehead atoms. The third kappa shape index (κ3) is 7.65. The number of ether oxygens (including phenoxy) is 1. The fourth-order valence-corrected chi connectivity index (χ4v) is 2.07. The molecule has 1 fully saturated rings. The van der Waals surface area contributed by atoms with E-state index in [1.807, 2.05) is 0 Å². The maximum Gasteiger partial charge on any atom is 1.00 e. The second kappa shape index (κ2) is 7.82. The van der Waals surface area contributed by atoms with E-state index >= 15 is 0 Å². The van der Waals surface area contributed by atoms with Gasteiger partial charge in [-0.1, -0.05) is 0 Å². The molecule has 1 amide bonds. The Kier molecular flexibility index (Phi) is 8.11. The number of hydrogen-bond acceptors (Lipinski definition) is 3. The van der Waals surface area contributed by atoms with E-state index in [-0.39, 0.29) is 64.0 Å². The van der Waals surface area contributed by atoms with Gasteiger partial charge in [0.2, 0.25) is 0 Å². The topological polar surface area (TPSA) is 32.8 Å². The summed E-state index contributed by atoms with van der Waals surface area (Å²) in [6.07, 6.45) is -0.808. The van der Waals surface area contributed by atoms with Crippen molar-refractivity contribution in [3.8, 4) is 0 Å². The summed E-state index contributed by atoms with van der Waals surface area (Å²) in [5, 5.41) is 0. The molecular weight excluding hydrogens is 299 g/mol. The molecule has 0 aromatic heterocycles. The molecule has 1 saturated heterocycles. The van der Waals surface area contributed by atoms with Crippen LogP contribution in [0.3, 0.4) is 0 Å². The van der Waals surface area contributed by atoms with Gasteiger partial charge in [0.15, 0.2) is 0 Å². The Morgan fingerprint density at radius 1 is 1.40 bits per heavy atom. The van der Waals surface area contributed by atoms with Crippen molar-refractivity contribution in [1.29, 1.82) is 0 Å². The number of nitrogens with zero attached hydrogens (tertiary/aromatic N) is 2. The molecule has 20 heavy (non-hydrogen) atoms. The first-order chi connectivity index (χ1) is 8.48. The molecule has 9 heteroatoms. The molecule has 0 radical (unpaired) electrons. The molecule has 1 heterocycles. The number of rotatable bonds is 3. The van der Waals surface area contributed by atoms with E-state index in [1.165, 1.54) is 9.80 Å². The number of halogens is 3. The summed E-state index contributed by atoms with van der Waals surface area (Å²) >= 11 is 0. The van der Waals surface area contributed by atoms with Crippen LogP contribution in [0, 0.1) is 0 Å². The summed E-state index contributed by atoms with van der Waals surface area (Å²) < 4.78 is 42.2. The van der Waals surface area contributed by atoms with Crippen molar-refractivity contribution in [1.82, 2.24) is 9.80 Å².